The van der Waals surface area contributed by atoms with E-state index >= 15 is 0 Å². The van der Waals surface area contributed by atoms with Gasteiger partial charge in [-0.3, -0.25) is 9.69 Å². The second-order valence-electron chi connectivity index (χ2n) is 7.65. The van der Waals surface area contributed by atoms with Crippen LogP contribution >= 0.6 is 0 Å². The van der Waals surface area contributed by atoms with Crippen molar-refractivity contribution in [3.8, 4) is 0 Å². The minimum atomic E-state index is -0.710. The Bertz CT molecular complexity index is 762. The summed E-state index contributed by atoms with van der Waals surface area (Å²) >= 11 is 0. The Kier molecular flexibility index (Phi) is 4.48. The van der Waals surface area contributed by atoms with E-state index in [1.165, 1.54) is 24.1 Å². The first-order valence-corrected chi connectivity index (χ1v) is 9.20. The van der Waals surface area contributed by atoms with Gasteiger partial charge in [-0.05, 0) is 56.2 Å². The van der Waals surface area contributed by atoms with Crippen LogP contribution in [0.1, 0.15) is 36.9 Å². The van der Waals surface area contributed by atoms with E-state index in [1.807, 2.05) is 6.20 Å². The number of aryl methyl sites for hydroxylation is 1. The van der Waals surface area contributed by atoms with Crippen LogP contribution in [0.5, 0.6) is 0 Å². The van der Waals surface area contributed by atoms with E-state index < -0.39 is 5.97 Å². The van der Waals surface area contributed by atoms with Crippen molar-refractivity contribution in [2.75, 3.05) is 13.1 Å². The SMILES string of the molecule is Cc1ccn2c(CNC3CC(N(CC(=O)O)CC4CC4)C3)cnc2c1. The minimum absolute atomic E-state index is 0.181. The summed E-state index contributed by atoms with van der Waals surface area (Å²) in [4.78, 5) is 17.7. The zero-order valence-corrected chi connectivity index (χ0v) is 14.7. The standard InChI is InChI=1S/C19H26N4O2/c1-13-4-5-23-17(10-21-18(23)6-13)9-20-15-7-16(8-15)22(12-19(24)25)11-14-2-3-14/h4-6,10,14-16,20H,2-3,7-9,11-12H2,1H3,(H,24,25). The molecule has 134 valence electrons. The molecule has 0 saturated heterocycles. The Morgan fingerprint density at radius 2 is 2.24 bits per heavy atom. The summed E-state index contributed by atoms with van der Waals surface area (Å²) in [6.07, 6.45) is 8.60. The largest absolute Gasteiger partial charge is 0.480 e. The van der Waals surface area contributed by atoms with E-state index in [0.29, 0.717) is 12.1 Å². The third-order valence-corrected chi connectivity index (χ3v) is 5.47. The molecule has 6 heteroatoms. The second kappa shape index (κ2) is 6.77. The number of carboxylic acids is 1. The van der Waals surface area contributed by atoms with Crippen molar-refractivity contribution in [3.63, 3.8) is 0 Å². The van der Waals surface area contributed by atoms with Gasteiger partial charge in [0.1, 0.15) is 5.65 Å². The number of aliphatic carboxylic acids is 1. The predicted molar refractivity (Wildman–Crippen MR) is 95.5 cm³/mol. The van der Waals surface area contributed by atoms with Crippen molar-refractivity contribution < 1.29 is 9.90 Å². The molecule has 2 aromatic rings. The maximum atomic E-state index is 11.1. The minimum Gasteiger partial charge on any atom is -0.480 e. The molecule has 25 heavy (non-hydrogen) atoms. The molecular weight excluding hydrogens is 316 g/mol. The van der Waals surface area contributed by atoms with Gasteiger partial charge >= 0.3 is 5.97 Å². The zero-order chi connectivity index (χ0) is 17.4. The van der Waals surface area contributed by atoms with Gasteiger partial charge in [0.05, 0.1) is 18.4 Å². The van der Waals surface area contributed by atoms with Gasteiger partial charge in [0.2, 0.25) is 0 Å². The molecule has 2 fully saturated rings. The molecule has 0 bridgehead atoms. The number of carboxylic acid groups (broad SMARTS) is 1. The van der Waals surface area contributed by atoms with Crippen LogP contribution in [0.15, 0.2) is 24.5 Å². The molecule has 0 radical (unpaired) electrons. The van der Waals surface area contributed by atoms with Crippen molar-refractivity contribution in [2.45, 2.75) is 51.2 Å². The average Bonchev–Trinajstić information content (AvgIpc) is 3.24. The number of nitrogens with one attached hydrogen (secondary N) is 1. The molecular formula is C19H26N4O2. The van der Waals surface area contributed by atoms with E-state index in [4.69, 9.17) is 5.11 Å². The predicted octanol–water partition coefficient (Wildman–Crippen LogP) is 2.06. The summed E-state index contributed by atoms with van der Waals surface area (Å²) in [6, 6.07) is 5.07. The number of rotatable bonds is 8. The highest BCUT2D eigenvalue weighted by Crippen LogP contribution is 2.33. The molecule has 6 nitrogen and oxygen atoms in total. The first-order valence-electron chi connectivity index (χ1n) is 9.20. The van der Waals surface area contributed by atoms with Crippen molar-refractivity contribution in [3.05, 3.63) is 35.8 Å². The van der Waals surface area contributed by atoms with E-state index in [2.05, 4.69) is 44.9 Å². The van der Waals surface area contributed by atoms with Crippen LogP contribution in [-0.4, -0.2) is 50.5 Å². The van der Waals surface area contributed by atoms with Crippen molar-refractivity contribution in [1.82, 2.24) is 19.6 Å². The topological polar surface area (TPSA) is 69.9 Å². The smallest absolute Gasteiger partial charge is 0.317 e. The van der Waals surface area contributed by atoms with Gasteiger partial charge < -0.3 is 14.8 Å². The van der Waals surface area contributed by atoms with Gasteiger partial charge in [0.25, 0.3) is 0 Å². The molecule has 0 aliphatic heterocycles. The van der Waals surface area contributed by atoms with E-state index in [0.717, 1.165) is 37.5 Å². The van der Waals surface area contributed by atoms with E-state index in [1.54, 1.807) is 0 Å². The number of hydrogen-bond donors (Lipinski definition) is 2. The van der Waals surface area contributed by atoms with E-state index in [-0.39, 0.29) is 6.54 Å². The fourth-order valence-corrected chi connectivity index (χ4v) is 3.72. The maximum Gasteiger partial charge on any atom is 0.317 e. The molecule has 0 unspecified atom stereocenters. The van der Waals surface area contributed by atoms with Gasteiger partial charge in [-0.25, -0.2) is 4.98 Å². The molecule has 0 spiro atoms. The van der Waals surface area contributed by atoms with E-state index in [9.17, 15) is 4.79 Å². The molecule has 2 saturated carbocycles. The molecule has 2 heterocycles. The molecule has 4 rings (SSSR count). The van der Waals surface area contributed by atoms with Crippen molar-refractivity contribution in [2.24, 2.45) is 5.92 Å². The molecule has 2 aliphatic rings. The number of hydrogen-bond acceptors (Lipinski definition) is 4. The van der Waals surface area contributed by atoms with Crippen LogP contribution in [-0.2, 0) is 11.3 Å². The van der Waals surface area contributed by atoms with Crippen LogP contribution in [0, 0.1) is 12.8 Å². The molecule has 2 aliphatic carbocycles. The normalized spacial score (nSPS) is 23.1. The number of carbonyl (C=O) groups is 1. The number of pyridine rings is 1. The molecule has 0 amide bonds. The summed E-state index contributed by atoms with van der Waals surface area (Å²) in [6.45, 7) is 4.01. The highest BCUT2D eigenvalue weighted by Gasteiger charge is 2.36. The summed E-state index contributed by atoms with van der Waals surface area (Å²) in [5, 5.41) is 12.7. The Morgan fingerprint density at radius 3 is 2.96 bits per heavy atom. The summed E-state index contributed by atoms with van der Waals surface area (Å²) in [5.74, 6) is 0.0195. The molecule has 0 aromatic carbocycles. The highest BCUT2D eigenvalue weighted by atomic mass is 16.4. The molecule has 0 atom stereocenters. The molecule has 2 N–H and O–H groups in total. The maximum absolute atomic E-state index is 11.1. The highest BCUT2D eigenvalue weighted by molar-refractivity contribution is 5.69. The van der Waals surface area contributed by atoms with Gasteiger partial charge in [-0.1, -0.05) is 0 Å². The van der Waals surface area contributed by atoms with Gasteiger partial charge in [0.15, 0.2) is 0 Å². The number of aromatic nitrogens is 2. The van der Waals surface area contributed by atoms with Crippen LogP contribution in [0.4, 0.5) is 0 Å². The summed E-state index contributed by atoms with van der Waals surface area (Å²) in [5.41, 5.74) is 3.37. The lowest BCUT2D eigenvalue weighted by molar-refractivity contribution is -0.139. The number of nitrogens with zero attached hydrogens (tertiary/aromatic N) is 3. The van der Waals surface area contributed by atoms with Gasteiger partial charge in [0, 0.05) is 31.4 Å². The van der Waals surface area contributed by atoms with Crippen LogP contribution < -0.4 is 5.32 Å². The second-order valence-corrected chi connectivity index (χ2v) is 7.65. The lowest BCUT2D eigenvalue weighted by Crippen LogP contribution is -2.54. The van der Waals surface area contributed by atoms with Gasteiger partial charge in [-0.2, -0.15) is 0 Å². The lowest BCUT2D eigenvalue weighted by atomic mass is 9.85. The van der Waals surface area contributed by atoms with Crippen molar-refractivity contribution >= 4 is 11.6 Å². The third kappa shape index (κ3) is 3.85. The number of fused-ring (bicyclic) bond motifs is 1. The van der Waals surface area contributed by atoms with Gasteiger partial charge in [-0.15, -0.1) is 0 Å². The summed E-state index contributed by atoms with van der Waals surface area (Å²) in [7, 11) is 0. The fourth-order valence-electron chi connectivity index (χ4n) is 3.72. The summed E-state index contributed by atoms with van der Waals surface area (Å²) < 4.78 is 2.12. The molecule has 2 aromatic heterocycles. The first kappa shape index (κ1) is 16.5. The van der Waals surface area contributed by atoms with Crippen LogP contribution in [0.25, 0.3) is 5.65 Å². The lowest BCUT2D eigenvalue weighted by Gasteiger charge is -2.43. The zero-order valence-electron chi connectivity index (χ0n) is 14.7. The van der Waals surface area contributed by atoms with Crippen LogP contribution in [0.2, 0.25) is 0 Å². The monoisotopic (exact) mass is 342 g/mol. The Labute approximate surface area is 147 Å². The van der Waals surface area contributed by atoms with Crippen molar-refractivity contribution in [1.29, 1.82) is 0 Å². The first-order chi connectivity index (χ1) is 12.1. The average molecular weight is 342 g/mol. The Morgan fingerprint density at radius 1 is 1.44 bits per heavy atom. The fraction of sp³-hybridized carbons (Fsp3) is 0.579. The third-order valence-electron chi connectivity index (χ3n) is 5.47. The Hall–Kier alpha value is -1.92. The van der Waals surface area contributed by atoms with Crippen LogP contribution in [0.3, 0.4) is 0 Å². The quantitative estimate of drug-likeness (QED) is 0.768. The number of imidazole rings is 1. The Balaban J connectivity index is 1.29.